The van der Waals surface area contributed by atoms with E-state index in [0.29, 0.717) is 19.6 Å². The minimum absolute atomic E-state index is 0.00643. The van der Waals surface area contributed by atoms with Crippen LogP contribution in [0.5, 0.6) is 0 Å². The zero-order valence-corrected chi connectivity index (χ0v) is 13.9. The first-order valence-electron chi connectivity index (χ1n) is 7.66. The van der Waals surface area contributed by atoms with E-state index >= 15 is 0 Å². The Labute approximate surface area is 143 Å². The van der Waals surface area contributed by atoms with Crippen LogP contribution in [-0.4, -0.2) is 44.1 Å². The number of aliphatic carboxylic acids is 1. The monoisotopic (exact) mass is 352 g/mol. The molecular formula is C16H18ClFN4O2. The van der Waals surface area contributed by atoms with Crippen molar-refractivity contribution in [2.75, 3.05) is 13.1 Å². The number of aryl methyl sites for hydroxylation is 1. The quantitative estimate of drug-likeness (QED) is 0.894. The summed E-state index contributed by atoms with van der Waals surface area (Å²) in [4.78, 5) is 13.3. The molecule has 0 bridgehead atoms. The van der Waals surface area contributed by atoms with Crippen molar-refractivity contribution in [3.63, 3.8) is 0 Å². The first kappa shape index (κ1) is 16.9. The number of nitrogens with zero attached hydrogens (tertiary/aromatic N) is 4. The summed E-state index contributed by atoms with van der Waals surface area (Å²) in [5.74, 6) is -1.31. The van der Waals surface area contributed by atoms with Gasteiger partial charge in [0.1, 0.15) is 5.82 Å². The first-order valence-corrected chi connectivity index (χ1v) is 8.04. The number of carboxylic acids is 1. The van der Waals surface area contributed by atoms with Gasteiger partial charge in [0.15, 0.2) is 0 Å². The van der Waals surface area contributed by atoms with E-state index in [-0.39, 0.29) is 23.3 Å². The molecule has 0 amide bonds. The van der Waals surface area contributed by atoms with Crippen molar-refractivity contribution in [2.45, 2.75) is 18.9 Å². The molecule has 2 atom stereocenters. The normalized spacial score (nSPS) is 21.3. The van der Waals surface area contributed by atoms with Gasteiger partial charge in [0.25, 0.3) is 0 Å². The topological polar surface area (TPSA) is 71.2 Å². The Hall–Kier alpha value is -1.99. The lowest BCUT2D eigenvalue weighted by Gasteiger charge is -2.15. The third kappa shape index (κ3) is 3.73. The lowest BCUT2D eigenvalue weighted by molar-refractivity contribution is -0.138. The van der Waals surface area contributed by atoms with E-state index < -0.39 is 11.8 Å². The van der Waals surface area contributed by atoms with Crippen molar-refractivity contribution in [2.24, 2.45) is 13.0 Å². The summed E-state index contributed by atoms with van der Waals surface area (Å²) in [6, 6.07) is 4.74. The van der Waals surface area contributed by atoms with Crippen LogP contribution in [-0.2, 0) is 18.4 Å². The SMILES string of the molecule is Cn1cc([C@@H]2CN(Cc3ccc(Cl)c(F)c3)C[C@@H]2CC(=O)O)nn1. The summed E-state index contributed by atoms with van der Waals surface area (Å²) < 4.78 is 15.2. The molecule has 8 heteroatoms. The highest BCUT2D eigenvalue weighted by molar-refractivity contribution is 6.30. The molecule has 24 heavy (non-hydrogen) atoms. The predicted molar refractivity (Wildman–Crippen MR) is 86.2 cm³/mol. The van der Waals surface area contributed by atoms with Crippen LogP contribution in [0.2, 0.25) is 5.02 Å². The molecule has 1 aliphatic rings. The third-order valence-electron chi connectivity index (χ3n) is 4.34. The molecule has 6 nitrogen and oxygen atoms in total. The largest absolute Gasteiger partial charge is 0.481 e. The van der Waals surface area contributed by atoms with Crippen LogP contribution in [0.25, 0.3) is 0 Å². The molecule has 2 aromatic rings. The highest BCUT2D eigenvalue weighted by Crippen LogP contribution is 2.34. The molecular weight excluding hydrogens is 335 g/mol. The van der Waals surface area contributed by atoms with Gasteiger partial charge in [0.05, 0.1) is 17.1 Å². The summed E-state index contributed by atoms with van der Waals surface area (Å²) in [5, 5.41) is 17.3. The molecule has 0 unspecified atom stereocenters. The molecule has 1 fully saturated rings. The minimum Gasteiger partial charge on any atom is -0.481 e. The van der Waals surface area contributed by atoms with Gasteiger partial charge in [-0.05, 0) is 23.6 Å². The number of carboxylic acid groups (broad SMARTS) is 1. The van der Waals surface area contributed by atoms with Crippen molar-refractivity contribution >= 4 is 17.6 Å². The van der Waals surface area contributed by atoms with Crippen LogP contribution in [0.15, 0.2) is 24.4 Å². The Kier molecular flexibility index (Phi) is 4.82. The van der Waals surface area contributed by atoms with Gasteiger partial charge < -0.3 is 5.11 Å². The molecule has 0 saturated carbocycles. The van der Waals surface area contributed by atoms with E-state index in [4.69, 9.17) is 16.7 Å². The van der Waals surface area contributed by atoms with Crippen molar-refractivity contribution in [1.82, 2.24) is 19.9 Å². The number of carbonyl (C=O) groups is 1. The van der Waals surface area contributed by atoms with Crippen molar-refractivity contribution < 1.29 is 14.3 Å². The summed E-state index contributed by atoms with van der Waals surface area (Å²) in [7, 11) is 1.78. The maximum absolute atomic E-state index is 13.6. The van der Waals surface area contributed by atoms with Crippen molar-refractivity contribution in [3.8, 4) is 0 Å². The Bertz CT molecular complexity index is 751. The lowest BCUT2D eigenvalue weighted by Crippen LogP contribution is -2.21. The van der Waals surface area contributed by atoms with Crippen molar-refractivity contribution in [3.05, 3.63) is 46.5 Å². The van der Waals surface area contributed by atoms with E-state index in [0.717, 1.165) is 11.3 Å². The van der Waals surface area contributed by atoms with E-state index in [1.54, 1.807) is 17.8 Å². The fourth-order valence-corrected chi connectivity index (χ4v) is 3.40. The number of hydrogen-bond acceptors (Lipinski definition) is 4. The number of likely N-dealkylation sites (tertiary alicyclic amines) is 1. The number of rotatable bonds is 5. The Morgan fingerprint density at radius 2 is 2.25 bits per heavy atom. The summed E-state index contributed by atoms with van der Waals surface area (Å²) in [5.41, 5.74) is 1.61. The number of aromatic nitrogens is 3. The van der Waals surface area contributed by atoms with Gasteiger partial charge in [-0.2, -0.15) is 0 Å². The number of benzene rings is 1. The van der Waals surface area contributed by atoms with Crippen LogP contribution in [0.1, 0.15) is 23.6 Å². The third-order valence-corrected chi connectivity index (χ3v) is 4.65. The second kappa shape index (κ2) is 6.86. The van der Waals surface area contributed by atoms with Crippen LogP contribution in [0, 0.1) is 11.7 Å². The standard InChI is InChI=1S/C16H18ClFN4O2/c1-21-9-15(19-20-21)12-8-22(7-11(12)5-16(23)24)6-10-2-3-13(17)14(18)4-10/h2-4,9,11-12H,5-8H2,1H3,(H,23,24)/t11-,12+/m0/s1. The maximum Gasteiger partial charge on any atom is 0.303 e. The van der Waals surface area contributed by atoms with E-state index in [9.17, 15) is 9.18 Å². The van der Waals surface area contributed by atoms with E-state index in [2.05, 4.69) is 15.2 Å². The number of halogens is 2. The number of hydrogen-bond donors (Lipinski definition) is 1. The van der Waals surface area contributed by atoms with E-state index in [1.807, 2.05) is 6.20 Å². The van der Waals surface area contributed by atoms with Gasteiger partial charge in [0, 0.05) is 38.8 Å². The zero-order valence-electron chi connectivity index (χ0n) is 13.2. The maximum atomic E-state index is 13.6. The fourth-order valence-electron chi connectivity index (χ4n) is 3.29. The first-order chi connectivity index (χ1) is 11.4. The molecule has 1 N–H and O–H groups in total. The van der Waals surface area contributed by atoms with Gasteiger partial charge in [-0.25, -0.2) is 4.39 Å². The smallest absolute Gasteiger partial charge is 0.303 e. The highest BCUT2D eigenvalue weighted by Gasteiger charge is 2.36. The van der Waals surface area contributed by atoms with Crippen LogP contribution < -0.4 is 0 Å². The predicted octanol–water partition coefficient (Wildman–Crippen LogP) is 2.30. The van der Waals surface area contributed by atoms with Crippen molar-refractivity contribution in [1.29, 1.82) is 0 Å². The Balaban J connectivity index is 1.75. The molecule has 0 spiro atoms. The van der Waals surface area contributed by atoms with Gasteiger partial charge in [0.2, 0.25) is 0 Å². The van der Waals surface area contributed by atoms with E-state index in [1.165, 1.54) is 12.1 Å². The molecule has 1 saturated heterocycles. The fraction of sp³-hybridized carbons (Fsp3) is 0.438. The van der Waals surface area contributed by atoms with Gasteiger partial charge in [-0.15, -0.1) is 5.10 Å². The average Bonchev–Trinajstić information content (AvgIpc) is 3.09. The molecule has 0 radical (unpaired) electrons. The average molecular weight is 353 g/mol. The molecule has 0 aliphatic carbocycles. The second-order valence-corrected chi connectivity index (χ2v) is 6.63. The molecule has 3 rings (SSSR count). The summed E-state index contributed by atoms with van der Waals surface area (Å²) >= 11 is 5.71. The molecule has 1 aliphatic heterocycles. The zero-order chi connectivity index (χ0) is 17.3. The van der Waals surface area contributed by atoms with Crippen LogP contribution >= 0.6 is 11.6 Å². The second-order valence-electron chi connectivity index (χ2n) is 6.22. The highest BCUT2D eigenvalue weighted by atomic mass is 35.5. The van der Waals surface area contributed by atoms with Crippen LogP contribution in [0.3, 0.4) is 0 Å². The Morgan fingerprint density at radius 1 is 1.46 bits per heavy atom. The van der Waals surface area contributed by atoms with Gasteiger partial charge in [-0.1, -0.05) is 22.9 Å². The lowest BCUT2D eigenvalue weighted by atomic mass is 9.91. The summed E-state index contributed by atoms with van der Waals surface area (Å²) in [6.45, 7) is 1.83. The molecule has 2 heterocycles. The molecule has 128 valence electrons. The summed E-state index contributed by atoms with van der Waals surface area (Å²) in [6.07, 6.45) is 1.90. The van der Waals surface area contributed by atoms with Gasteiger partial charge >= 0.3 is 5.97 Å². The van der Waals surface area contributed by atoms with Gasteiger partial charge in [-0.3, -0.25) is 14.4 Å². The molecule has 1 aromatic carbocycles. The Morgan fingerprint density at radius 3 is 2.88 bits per heavy atom. The molecule has 1 aromatic heterocycles. The van der Waals surface area contributed by atoms with Crippen LogP contribution in [0.4, 0.5) is 4.39 Å². The minimum atomic E-state index is -0.826.